The molecule has 1 aromatic rings. The lowest BCUT2D eigenvalue weighted by Gasteiger charge is -2.14. The van der Waals surface area contributed by atoms with Crippen molar-refractivity contribution in [2.45, 2.75) is 12.1 Å². The van der Waals surface area contributed by atoms with E-state index < -0.39 is 18.1 Å². The van der Waals surface area contributed by atoms with Crippen molar-refractivity contribution >= 4 is 5.97 Å². The molecular formula is C9H12N2O4. The fraction of sp³-hybridized carbons (Fsp3) is 0.333. The Kier molecular flexibility index (Phi) is 3.59. The number of hydrogen-bond acceptors (Lipinski definition) is 5. The van der Waals surface area contributed by atoms with Crippen LogP contribution in [0.15, 0.2) is 18.3 Å². The van der Waals surface area contributed by atoms with Gasteiger partial charge >= 0.3 is 5.97 Å². The van der Waals surface area contributed by atoms with Gasteiger partial charge in [-0.1, -0.05) is 0 Å². The Bertz CT molecular complexity index is 356. The summed E-state index contributed by atoms with van der Waals surface area (Å²) in [6.45, 7) is 0. The van der Waals surface area contributed by atoms with Crippen molar-refractivity contribution in [3.8, 4) is 5.75 Å². The molecule has 0 saturated carbocycles. The Morgan fingerprint density at radius 2 is 2.33 bits per heavy atom. The minimum atomic E-state index is -1.40. The Balaban J connectivity index is 2.90. The molecule has 82 valence electrons. The van der Waals surface area contributed by atoms with Gasteiger partial charge in [0.15, 0.2) is 0 Å². The van der Waals surface area contributed by atoms with Gasteiger partial charge in [0.2, 0.25) is 0 Å². The quantitative estimate of drug-likeness (QED) is 0.623. The second kappa shape index (κ2) is 4.72. The molecule has 0 bridgehead atoms. The van der Waals surface area contributed by atoms with Crippen molar-refractivity contribution in [1.82, 2.24) is 4.98 Å². The Hall–Kier alpha value is -1.66. The Labute approximate surface area is 86.3 Å². The summed E-state index contributed by atoms with van der Waals surface area (Å²) in [6.07, 6.45) is 0.0592. The molecule has 0 aliphatic rings. The summed E-state index contributed by atoms with van der Waals surface area (Å²) < 4.78 is 4.91. The molecule has 0 aromatic carbocycles. The predicted molar refractivity (Wildman–Crippen MR) is 51.4 cm³/mol. The smallest absolute Gasteiger partial charge is 0.323 e. The summed E-state index contributed by atoms with van der Waals surface area (Å²) >= 11 is 0. The van der Waals surface area contributed by atoms with E-state index in [0.29, 0.717) is 5.75 Å². The van der Waals surface area contributed by atoms with Gasteiger partial charge in [0.05, 0.1) is 12.8 Å². The van der Waals surface area contributed by atoms with Crippen molar-refractivity contribution in [3.63, 3.8) is 0 Å². The predicted octanol–water partition coefficient (Wildman–Crippen LogP) is -0.465. The molecule has 0 aliphatic heterocycles. The average molecular weight is 212 g/mol. The summed E-state index contributed by atoms with van der Waals surface area (Å²) in [5.74, 6) is -0.802. The first-order valence-corrected chi connectivity index (χ1v) is 4.22. The monoisotopic (exact) mass is 212 g/mol. The number of pyridine rings is 1. The highest BCUT2D eigenvalue weighted by Crippen LogP contribution is 2.18. The van der Waals surface area contributed by atoms with Crippen LogP contribution in [0.4, 0.5) is 0 Å². The Morgan fingerprint density at radius 3 is 2.87 bits per heavy atom. The molecule has 0 fully saturated rings. The van der Waals surface area contributed by atoms with E-state index in [0.717, 1.165) is 0 Å². The van der Waals surface area contributed by atoms with Gasteiger partial charge in [-0.05, 0) is 6.07 Å². The number of carbonyl (C=O) groups is 1. The fourth-order valence-electron chi connectivity index (χ4n) is 1.04. The molecule has 1 heterocycles. The van der Waals surface area contributed by atoms with Crippen LogP contribution in [0, 0.1) is 0 Å². The SMILES string of the molecule is COc1ccnc(C(O)C(N)C(=O)O)c1. The van der Waals surface area contributed by atoms with Gasteiger partial charge in [-0.3, -0.25) is 9.78 Å². The minimum absolute atomic E-state index is 0.171. The van der Waals surface area contributed by atoms with E-state index in [4.69, 9.17) is 15.6 Å². The van der Waals surface area contributed by atoms with E-state index in [9.17, 15) is 9.90 Å². The number of nitrogens with zero attached hydrogens (tertiary/aromatic N) is 1. The van der Waals surface area contributed by atoms with Crippen molar-refractivity contribution in [2.75, 3.05) is 7.11 Å². The van der Waals surface area contributed by atoms with Crippen LogP contribution in [-0.4, -0.2) is 34.3 Å². The van der Waals surface area contributed by atoms with Crippen LogP contribution in [0.1, 0.15) is 11.8 Å². The van der Waals surface area contributed by atoms with E-state index in [-0.39, 0.29) is 5.69 Å². The van der Waals surface area contributed by atoms with Crippen LogP contribution in [0.2, 0.25) is 0 Å². The third-order valence-electron chi connectivity index (χ3n) is 1.92. The second-order valence-corrected chi connectivity index (χ2v) is 2.93. The zero-order valence-electron chi connectivity index (χ0n) is 8.12. The van der Waals surface area contributed by atoms with Gasteiger partial charge in [0.1, 0.15) is 17.9 Å². The summed E-state index contributed by atoms with van der Waals surface area (Å²) in [4.78, 5) is 14.3. The molecule has 0 amide bonds. The molecule has 1 rings (SSSR count). The normalized spacial score (nSPS) is 14.3. The molecule has 2 atom stereocenters. The van der Waals surface area contributed by atoms with Gasteiger partial charge < -0.3 is 20.7 Å². The van der Waals surface area contributed by atoms with Crippen LogP contribution >= 0.6 is 0 Å². The van der Waals surface area contributed by atoms with Crippen LogP contribution < -0.4 is 10.5 Å². The first-order valence-electron chi connectivity index (χ1n) is 4.22. The number of aromatic nitrogens is 1. The number of carboxylic acids is 1. The van der Waals surface area contributed by atoms with Crippen LogP contribution in [0.25, 0.3) is 0 Å². The van der Waals surface area contributed by atoms with Crippen molar-refractivity contribution in [3.05, 3.63) is 24.0 Å². The number of rotatable bonds is 4. The fourth-order valence-corrected chi connectivity index (χ4v) is 1.04. The number of aliphatic carboxylic acids is 1. The van der Waals surface area contributed by atoms with Crippen LogP contribution in [0.3, 0.4) is 0 Å². The maximum absolute atomic E-state index is 10.5. The molecule has 2 unspecified atom stereocenters. The van der Waals surface area contributed by atoms with Gasteiger partial charge in [-0.2, -0.15) is 0 Å². The number of nitrogens with two attached hydrogens (primary N) is 1. The molecule has 0 spiro atoms. The molecule has 0 aliphatic carbocycles. The lowest BCUT2D eigenvalue weighted by molar-refractivity contribution is -0.141. The van der Waals surface area contributed by atoms with Crippen molar-refractivity contribution in [2.24, 2.45) is 5.73 Å². The zero-order chi connectivity index (χ0) is 11.4. The standard InChI is InChI=1S/C9H12N2O4/c1-15-5-2-3-11-6(4-5)8(12)7(10)9(13)14/h2-4,7-8,12H,10H2,1H3,(H,13,14). The lowest BCUT2D eigenvalue weighted by Crippen LogP contribution is -2.36. The largest absolute Gasteiger partial charge is 0.497 e. The van der Waals surface area contributed by atoms with Crippen molar-refractivity contribution < 1.29 is 19.7 Å². The van der Waals surface area contributed by atoms with Crippen LogP contribution in [-0.2, 0) is 4.79 Å². The second-order valence-electron chi connectivity index (χ2n) is 2.93. The van der Waals surface area contributed by atoms with Gasteiger partial charge in [0, 0.05) is 12.3 Å². The number of ether oxygens (including phenoxy) is 1. The van der Waals surface area contributed by atoms with E-state index in [1.54, 1.807) is 6.07 Å². The zero-order valence-corrected chi connectivity index (χ0v) is 8.12. The average Bonchev–Trinajstić information content (AvgIpc) is 2.27. The molecule has 0 saturated heterocycles. The minimum Gasteiger partial charge on any atom is -0.497 e. The number of hydrogen-bond donors (Lipinski definition) is 3. The highest BCUT2D eigenvalue weighted by atomic mass is 16.5. The summed E-state index contributed by atoms with van der Waals surface area (Å²) in [5.41, 5.74) is 5.42. The van der Waals surface area contributed by atoms with Crippen LogP contribution in [0.5, 0.6) is 5.75 Å². The summed E-state index contributed by atoms with van der Waals surface area (Å²) in [7, 11) is 1.46. The van der Waals surface area contributed by atoms with E-state index >= 15 is 0 Å². The molecule has 1 aromatic heterocycles. The van der Waals surface area contributed by atoms with Gasteiger partial charge in [0.25, 0.3) is 0 Å². The summed E-state index contributed by atoms with van der Waals surface area (Å²) in [5, 5.41) is 18.2. The molecule has 6 nitrogen and oxygen atoms in total. The first-order chi connectivity index (χ1) is 7.06. The number of aliphatic hydroxyl groups excluding tert-OH is 1. The van der Waals surface area contributed by atoms with E-state index in [2.05, 4.69) is 4.98 Å². The van der Waals surface area contributed by atoms with Gasteiger partial charge in [-0.15, -0.1) is 0 Å². The van der Waals surface area contributed by atoms with Gasteiger partial charge in [-0.25, -0.2) is 0 Å². The molecular weight excluding hydrogens is 200 g/mol. The topological polar surface area (TPSA) is 106 Å². The molecule has 0 radical (unpaired) electrons. The third kappa shape index (κ3) is 2.64. The van der Waals surface area contributed by atoms with E-state index in [1.807, 2.05) is 0 Å². The molecule has 6 heteroatoms. The summed E-state index contributed by atoms with van der Waals surface area (Å²) in [6, 6.07) is 1.63. The van der Waals surface area contributed by atoms with Crippen molar-refractivity contribution in [1.29, 1.82) is 0 Å². The number of aliphatic hydroxyl groups is 1. The Morgan fingerprint density at radius 1 is 1.67 bits per heavy atom. The third-order valence-corrected chi connectivity index (χ3v) is 1.92. The number of carboxylic acid groups (broad SMARTS) is 1. The highest BCUT2D eigenvalue weighted by molar-refractivity contribution is 5.74. The lowest BCUT2D eigenvalue weighted by atomic mass is 10.1. The maximum Gasteiger partial charge on any atom is 0.323 e. The first kappa shape index (κ1) is 11.4. The molecule has 4 N–H and O–H groups in total. The van der Waals surface area contributed by atoms with E-state index in [1.165, 1.54) is 19.4 Å². The maximum atomic E-state index is 10.5. The molecule has 15 heavy (non-hydrogen) atoms. The number of methoxy groups -OCH3 is 1. The highest BCUT2D eigenvalue weighted by Gasteiger charge is 2.24.